The van der Waals surface area contributed by atoms with Crippen LogP contribution in [0.15, 0.2) is 65.8 Å². The fourth-order valence-corrected chi connectivity index (χ4v) is 2.39. The molecule has 6 nitrogen and oxygen atoms in total. The third kappa shape index (κ3) is 3.85. The van der Waals surface area contributed by atoms with E-state index >= 15 is 0 Å². The Morgan fingerprint density at radius 3 is 2.64 bits per heavy atom. The van der Waals surface area contributed by atoms with Crippen LogP contribution in [0.3, 0.4) is 0 Å². The molecule has 25 heavy (non-hydrogen) atoms. The largest absolute Gasteiger partial charge is 0.448 e. The quantitative estimate of drug-likeness (QED) is 0.669. The number of hydrogen-bond donors (Lipinski definition) is 0. The van der Waals surface area contributed by atoms with Crippen molar-refractivity contribution in [3.8, 4) is 16.8 Å². The highest BCUT2D eigenvalue weighted by atomic mass is 16.6. The predicted octanol–water partition coefficient (Wildman–Crippen LogP) is 3.49. The SMILES string of the molecule is CCCCOC(=O)n1cc(-c2ccc(=O)n(-c3ccccc3)c2)cn1. The van der Waals surface area contributed by atoms with Gasteiger partial charge >= 0.3 is 6.09 Å². The zero-order valence-electron chi connectivity index (χ0n) is 14.0. The second kappa shape index (κ2) is 7.61. The molecule has 6 heteroatoms. The van der Waals surface area contributed by atoms with Gasteiger partial charge in [0, 0.05) is 35.3 Å². The lowest BCUT2D eigenvalue weighted by Gasteiger charge is -2.07. The first-order chi connectivity index (χ1) is 12.2. The number of carbonyl (C=O) groups is 1. The van der Waals surface area contributed by atoms with E-state index in [1.165, 1.54) is 10.7 Å². The van der Waals surface area contributed by atoms with Gasteiger partial charge in [0.05, 0.1) is 12.8 Å². The Morgan fingerprint density at radius 1 is 1.08 bits per heavy atom. The summed E-state index contributed by atoms with van der Waals surface area (Å²) in [6.45, 7) is 2.41. The maximum Gasteiger partial charge on any atom is 0.434 e. The molecule has 0 fully saturated rings. The minimum atomic E-state index is -0.504. The van der Waals surface area contributed by atoms with Crippen LogP contribution < -0.4 is 5.56 Å². The van der Waals surface area contributed by atoms with Crippen molar-refractivity contribution in [3.05, 3.63) is 71.4 Å². The minimum Gasteiger partial charge on any atom is -0.448 e. The Bertz CT molecular complexity index is 913. The van der Waals surface area contributed by atoms with Crippen molar-refractivity contribution >= 4 is 6.09 Å². The molecular weight excluding hydrogens is 318 g/mol. The van der Waals surface area contributed by atoms with Gasteiger partial charge in [-0.05, 0) is 24.6 Å². The van der Waals surface area contributed by atoms with Gasteiger partial charge < -0.3 is 4.74 Å². The summed E-state index contributed by atoms with van der Waals surface area (Å²) >= 11 is 0. The van der Waals surface area contributed by atoms with Crippen LogP contribution in [0.25, 0.3) is 16.8 Å². The number of pyridine rings is 1. The molecule has 0 saturated carbocycles. The molecule has 128 valence electrons. The molecule has 0 spiro atoms. The summed E-state index contributed by atoms with van der Waals surface area (Å²) in [5.41, 5.74) is 2.18. The number of hydrogen-bond acceptors (Lipinski definition) is 4. The van der Waals surface area contributed by atoms with Gasteiger partial charge in [-0.25, -0.2) is 4.79 Å². The summed E-state index contributed by atoms with van der Waals surface area (Å²) in [6.07, 6.45) is 6.19. The number of unbranched alkanes of at least 4 members (excludes halogenated alkanes) is 1. The van der Waals surface area contributed by atoms with Crippen molar-refractivity contribution in [2.75, 3.05) is 6.61 Å². The number of benzene rings is 1. The van der Waals surface area contributed by atoms with E-state index in [4.69, 9.17) is 4.74 Å². The third-order valence-electron chi connectivity index (χ3n) is 3.77. The molecule has 0 atom stereocenters. The minimum absolute atomic E-state index is 0.124. The van der Waals surface area contributed by atoms with Gasteiger partial charge in [-0.3, -0.25) is 9.36 Å². The first-order valence-corrected chi connectivity index (χ1v) is 8.19. The molecule has 0 aliphatic rings. The molecule has 0 N–H and O–H groups in total. The van der Waals surface area contributed by atoms with Gasteiger partial charge in [-0.15, -0.1) is 0 Å². The smallest absolute Gasteiger partial charge is 0.434 e. The van der Waals surface area contributed by atoms with E-state index in [1.807, 2.05) is 37.3 Å². The molecule has 0 radical (unpaired) electrons. The first-order valence-electron chi connectivity index (χ1n) is 8.19. The summed E-state index contributed by atoms with van der Waals surface area (Å²) in [5, 5.41) is 4.05. The maximum absolute atomic E-state index is 12.1. The summed E-state index contributed by atoms with van der Waals surface area (Å²) in [6, 6.07) is 12.6. The lowest BCUT2D eigenvalue weighted by molar-refractivity contribution is 0.143. The summed E-state index contributed by atoms with van der Waals surface area (Å²) in [7, 11) is 0. The van der Waals surface area contributed by atoms with Crippen molar-refractivity contribution in [2.24, 2.45) is 0 Å². The normalized spacial score (nSPS) is 10.6. The number of nitrogens with zero attached hydrogens (tertiary/aromatic N) is 3. The summed E-state index contributed by atoms with van der Waals surface area (Å²) in [5.74, 6) is 0. The number of ether oxygens (including phenoxy) is 1. The van der Waals surface area contributed by atoms with E-state index in [1.54, 1.807) is 29.2 Å². The van der Waals surface area contributed by atoms with E-state index in [9.17, 15) is 9.59 Å². The molecule has 0 amide bonds. The van der Waals surface area contributed by atoms with Crippen LogP contribution in [-0.2, 0) is 4.74 Å². The lowest BCUT2D eigenvalue weighted by Crippen LogP contribution is -2.16. The Balaban J connectivity index is 1.86. The fraction of sp³-hybridized carbons (Fsp3) is 0.211. The Morgan fingerprint density at radius 2 is 1.88 bits per heavy atom. The van der Waals surface area contributed by atoms with E-state index in [0.29, 0.717) is 6.61 Å². The molecule has 2 heterocycles. The number of rotatable bonds is 5. The highest BCUT2D eigenvalue weighted by molar-refractivity contribution is 5.72. The summed E-state index contributed by atoms with van der Waals surface area (Å²) < 4.78 is 7.87. The van der Waals surface area contributed by atoms with Gasteiger partial charge in [0.25, 0.3) is 5.56 Å². The lowest BCUT2D eigenvalue weighted by atomic mass is 10.1. The highest BCUT2D eigenvalue weighted by Crippen LogP contribution is 2.18. The van der Waals surface area contributed by atoms with Crippen molar-refractivity contribution in [2.45, 2.75) is 19.8 Å². The molecule has 3 rings (SSSR count). The van der Waals surface area contributed by atoms with Gasteiger partial charge in [0.1, 0.15) is 0 Å². The molecule has 0 saturated heterocycles. The number of aromatic nitrogens is 3. The predicted molar refractivity (Wildman–Crippen MR) is 94.9 cm³/mol. The van der Waals surface area contributed by atoms with E-state index in [2.05, 4.69) is 5.10 Å². The van der Waals surface area contributed by atoms with Crippen LogP contribution in [-0.4, -0.2) is 27.0 Å². The Labute approximate surface area is 145 Å². The average molecular weight is 337 g/mol. The fourth-order valence-electron chi connectivity index (χ4n) is 2.39. The van der Waals surface area contributed by atoms with Crippen LogP contribution in [0, 0.1) is 0 Å². The third-order valence-corrected chi connectivity index (χ3v) is 3.77. The van der Waals surface area contributed by atoms with Crippen LogP contribution in [0.4, 0.5) is 4.79 Å². The number of carbonyl (C=O) groups excluding carboxylic acids is 1. The molecular formula is C19H19N3O3. The van der Waals surface area contributed by atoms with Crippen LogP contribution >= 0.6 is 0 Å². The van der Waals surface area contributed by atoms with Crippen molar-refractivity contribution < 1.29 is 9.53 Å². The molecule has 0 aliphatic heterocycles. The van der Waals surface area contributed by atoms with Gasteiger partial charge in [-0.1, -0.05) is 31.5 Å². The standard InChI is InChI=1S/C19H19N3O3/c1-2-3-11-25-19(24)22-14-16(12-20-22)15-9-10-18(23)21(13-15)17-7-5-4-6-8-17/h4-10,12-14H,2-3,11H2,1H3. The molecule has 2 aromatic heterocycles. The molecule has 0 bridgehead atoms. The monoisotopic (exact) mass is 337 g/mol. The second-order valence-electron chi connectivity index (χ2n) is 5.60. The van der Waals surface area contributed by atoms with Crippen LogP contribution in [0.2, 0.25) is 0 Å². The molecule has 0 aliphatic carbocycles. The van der Waals surface area contributed by atoms with E-state index in [-0.39, 0.29) is 5.56 Å². The second-order valence-corrected chi connectivity index (χ2v) is 5.60. The van der Waals surface area contributed by atoms with Crippen molar-refractivity contribution in [1.82, 2.24) is 14.3 Å². The molecule has 0 unspecified atom stereocenters. The summed E-state index contributed by atoms with van der Waals surface area (Å²) in [4.78, 5) is 24.1. The van der Waals surface area contributed by atoms with Gasteiger partial charge in [0.2, 0.25) is 0 Å². The molecule has 1 aromatic carbocycles. The highest BCUT2D eigenvalue weighted by Gasteiger charge is 2.10. The maximum atomic E-state index is 12.1. The molecule has 3 aromatic rings. The average Bonchev–Trinajstić information content (AvgIpc) is 3.13. The topological polar surface area (TPSA) is 66.1 Å². The van der Waals surface area contributed by atoms with E-state index < -0.39 is 6.09 Å². The van der Waals surface area contributed by atoms with Crippen molar-refractivity contribution in [3.63, 3.8) is 0 Å². The van der Waals surface area contributed by atoms with Crippen LogP contribution in [0.1, 0.15) is 19.8 Å². The Kier molecular flexibility index (Phi) is 5.09. The van der Waals surface area contributed by atoms with Gasteiger partial charge in [0.15, 0.2) is 0 Å². The van der Waals surface area contributed by atoms with Crippen molar-refractivity contribution in [1.29, 1.82) is 0 Å². The van der Waals surface area contributed by atoms with E-state index in [0.717, 1.165) is 29.7 Å². The number of para-hydroxylation sites is 1. The van der Waals surface area contributed by atoms with Crippen LogP contribution in [0.5, 0.6) is 0 Å². The Hall–Kier alpha value is -3.15. The first kappa shape index (κ1) is 16.7. The van der Waals surface area contributed by atoms with Gasteiger partial charge in [-0.2, -0.15) is 9.78 Å². The zero-order chi connectivity index (χ0) is 17.6. The zero-order valence-corrected chi connectivity index (χ0v) is 14.0.